The van der Waals surface area contributed by atoms with Crippen molar-refractivity contribution < 1.29 is 9.53 Å². The average molecular weight is 278 g/mol. The highest BCUT2D eigenvalue weighted by Crippen LogP contribution is 2.26. The molecule has 0 amide bonds. The summed E-state index contributed by atoms with van der Waals surface area (Å²) < 4.78 is 4.65. The van der Waals surface area contributed by atoms with E-state index in [2.05, 4.69) is 26.9 Å². The fourth-order valence-electron chi connectivity index (χ4n) is 2.19. The van der Waals surface area contributed by atoms with Gasteiger partial charge in [0.25, 0.3) is 0 Å². The first-order valence-corrected chi connectivity index (χ1v) is 6.98. The van der Waals surface area contributed by atoms with E-state index in [0.29, 0.717) is 11.5 Å². The van der Waals surface area contributed by atoms with Crippen LogP contribution < -0.4 is 11.1 Å². The maximum Gasteiger partial charge on any atom is 0.356 e. The molecule has 6 heteroatoms. The van der Waals surface area contributed by atoms with Crippen molar-refractivity contribution in [3.63, 3.8) is 0 Å². The Labute approximate surface area is 119 Å². The van der Waals surface area contributed by atoms with E-state index >= 15 is 0 Å². The van der Waals surface area contributed by atoms with Gasteiger partial charge in [-0.05, 0) is 31.5 Å². The lowest BCUT2D eigenvalue weighted by Crippen LogP contribution is -2.31. The molecule has 2 rings (SSSR count). The fraction of sp³-hybridized carbons (Fsp3) is 0.571. The fourth-order valence-corrected chi connectivity index (χ4v) is 2.19. The first-order valence-electron chi connectivity index (χ1n) is 6.98. The number of aromatic nitrogens is 1. The molecule has 1 aliphatic rings. The summed E-state index contributed by atoms with van der Waals surface area (Å²) in [6.07, 6.45) is 2.60. The number of nitrogens with zero attached hydrogens (tertiary/aromatic N) is 2. The quantitative estimate of drug-likeness (QED) is 0.733. The third kappa shape index (κ3) is 3.60. The van der Waals surface area contributed by atoms with E-state index in [-0.39, 0.29) is 5.69 Å². The predicted molar refractivity (Wildman–Crippen MR) is 78.7 cm³/mol. The summed E-state index contributed by atoms with van der Waals surface area (Å²) in [5.74, 6) is 0.0842. The number of nitrogens with two attached hydrogens (primary N) is 1. The van der Waals surface area contributed by atoms with Gasteiger partial charge in [-0.3, -0.25) is 4.90 Å². The molecule has 1 fully saturated rings. The summed E-state index contributed by atoms with van der Waals surface area (Å²) in [5.41, 5.74) is 6.66. The third-order valence-electron chi connectivity index (χ3n) is 3.48. The molecule has 0 spiro atoms. The molecule has 3 N–H and O–H groups in total. The maximum absolute atomic E-state index is 11.4. The van der Waals surface area contributed by atoms with Crippen LogP contribution in [0.25, 0.3) is 0 Å². The molecule has 1 aromatic rings. The number of hydrogen-bond acceptors (Lipinski definition) is 6. The Morgan fingerprint density at radius 3 is 2.90 bits per heavy atom. The topological polar surface area (TPSA) is 80.5 Å². The zero-order valence-corrected chi connectivity index (χ0v) is 12.1. The van der Waals surface area contributed by atoms with Gasteiger partial charge in [0.1, 0.15) is 5.82 Å². The lowest BCUT2D eigenvalue weighted by molar-refractivity contribution is 0.0594. The second-order valence-corrected chi connectivity index (χ2v) is 4.91. The molecule has 0 aromatic carbocycles. The van der Waals surface area contributed by atoms with Crippen molar-refractivity contribution in [3.8, 4) is 0 Å². The molecule has 0 aliphatic heterocycles. The molecular formula is C14H22N4O2. The van der Waals surface area contributed by atoms with E-state index in [0.717, 1.165) is 25.7 Å². The molecule has 6 nitrogen and oxygen atoms in total. The first-order chi connectivity index (χ1) is 9.65. The summed E-state index contributed by atoms with van der Waals surface area (Å²) in [6.45, 7) is 4.93. The number of pyridine rings is 1. The van der Waals surface area contributed by atoms with E-state index in [1.54, 1.807) is 12.1 Å². The van der Waals surface area contributed by atoms with Crippen molar-refractivity contribution in [2.75, 3.05) is 37.8 Å². The van der Waals surface area contributed by atoms with Crippen molar-refractivity contribution in [1.82, 2.24) is 9.88 Å². The van der Waals surface area contributed by atoms with Gasteiger partial charge in [-0.25, -0.2) is 9.78 Å². The van der Waals surface area contributed by atoms with Gasteiger partial charge in [-0.2, -0.15) is 0 Å². The summed E-state index contributed by atoms with van der Waals surface area (Å²) in [6, 6.07) is 3.98. The van der Waals surface area contributed by atoms with Crippen LogP contribution in [0, 0.1) is 0 Å². The smallest absolute Gasteiger partial charge is 0.356 e. The molecule has 0 bridgehead atoms. The molecule has 20 heavy (non-hydrogen) atoms. The molecule has 0 unspecified atom stereocenters. The van der Waals surface area contributed by atoms with Crippen molar-refractivity contribution in [1.29, 1.82) is 0 Å². The van der Waals surface area contributed by atoms with Gasteiger partial charge >= 0.3 is 5.97 Å². The van der Waals surface area contributed by atoms with Crippen LogP contribution in [-0.4, -0.2) is 48.6 Å². The van der Waals surface area contributed by atoms with E-state index < -0.39 is 5.97 Å². The van der Waals surface area contributed by atoms with Gasteiger partial charge in [-0.15, -0.1) is 0 Å². The highest BCUT2D eigenvalue weighted by Gasteiger charge is 2.27. The Morgan fingerprint density at radius 2 is 2.30 bits per heavy atom. The number of carbonyl (C=O) groups is 1. The van der Waals surface area contributed by atoms with Crippen LogP contribution in [0.1, 0.15) is 30.3 Å². The monoisotopic (exact) mass is 278 g/mol. The minimum Gasteiger partial charge on any atom is -0.464 e. The first kappa shape index (κ1) is 14.6. The Morgan fingerprint density at radius 1 is 1.55 bits per heavy atom. The minimum atomic E-state index is -0.457. The molecular weight excluding hydrogens is 256 g/mol. The highest BCUT2D eigenvalue weighted by molar-refractivity contribution is 5.88. The second-order valence-electron chi connectivity index (χ2n) is 4.91. The number of nitrogens with one attached hydrogen (secondary N) is 1. The zero-order valence-electron chi connectivity index (χ0n) is 12.1. The van der Waals surface area contributed by atoms with Gasteiger partial charge in [0, 0.05) is 19.1 Å². The van der Waals surface area contributed by atoms with Crippen molar-refractivity contribution >= 4 is 17.5 Å². The number of carbonyl (C=O) groups excluding carboxylic acids is 1. The van der Waals surface area contributed by atoms with Gasteiger partial charge in [0.15, 0.2) is 5.69 Å². The number of ether oxygens (including phenoxy) is 1. The molecule has 1 aliphatic carbocycles. The molecule has 1 heterocycles. The second kappa shape index (κ2) is 6.56. The number of esters is 1. The number of nitrogen functional groups attached to an aromatic ring is 1. The number of methoxy groups -OCH3 is 1. The van der Waals surface area contributed by atoms with E-state index in [1.165, 1.54) is 20.0 Å². The zero-order chi connectivity index (χ0) is 14.5. The van der Waals surface area contributed by atoms with E-state index in [1.807, 2.05) is 0 Å². The lowest BCUT2D eigenvalue weighted by Gasteiger charge is -2.20. The number of anilines is 2. The summed E-state index contributed by atoms with van der Waals surface area (Å²) >= 11 is 0. The highest BCUT2D eigenvalue weighted by atomic mass is 16.5. The lowest BCUT2D eigenvalue weighted by atomic mass is 10.3. The Kier molecular flexibility index (Phi) is 4.79. The molecule has 1 aromatic heterocycles. The molecule has 0 atom stereocenters. The maximum atomic E-state index is 11.4. The molecule has 0 saturated heterocycles. The predicted octanol–water partition coefficient (Wildman–Crippen LogP) is 1.35. The van der Waals surface area contributed by atoms with Crippen LogP contribution in [0.5, 0.6) is 0 Å². The van der Waals surface area contributed by atoms with Crippen molar-refractivity contribution in [2.24, 2.45) is 0 Å². The van der Waals surface area contributed by atoms with Gasteiger partial charge in [0.2, 0.25) is 0 Å². The van der Waals surface area contributed by atoms with Crippen molar-refractivity contribution in [2.45, 2.75) is 25.8 Å². The normalized spacial score (nSPS) is 14.3. The van der Waals surface area contributed by atoms with Crippen LogP contribution in [-0.2, 0) is 4.74 Å². The van der Waals surface area contributed by atoms with E-state index in [4.69, 9.17) is 5.73 Å². The van der Waals surface area contributed by atoms with Crippen LogP contribution >= 0.6 is 0 Å². The standard InChI is InChI=1S/C14H22N4O2/c1-3-18(10-4-5-10)9-8-16-13-11(15)6-7-12(17-13)14(19)20-2/h6-7,10H,3-5,8-9,15H2,1-2H3,(H,16,17). The van der Waals surface area contributed by atoms with Gasteiger partial charge in [-0.1, -0.05) is 6.92 Å². The molecule has 0 radical (unpaired) electrons. The SMILES string of the molecule is CCN(CCNc1nc(C(=O)OC)ccc1N)C1CC1. The number of hydrogen-bond donors (Lipinski definition) is 2. The minimum absolute atomic E-state index is 0.263. The average Bonchev–Trinajstić information content (AvgIpc) is 3.29. The molecule has 1 saturated carbocycles. The summed E-state index contributed by atoms with van der Waals surface area (Å²) in [7, 11) is 1.34. The van der Waals surface area contributed by atoms with Gasteiger partial charge < -0.3 is 15.8 Å². The number of likely N-dealkylation sites (N-methyl/N-ethyl adjacent to an activating group) is 1. The molecule has 110 valence electrons. The van der Waals surface area contributed by atoms with Crippen LogP contribution in [0.2, 0.25) is 0 Å². The summed E-state index contributed by atoms with van der Waals surface area (Å²) in [5, 5.41) is 3.19. The van der Waals surface area contributed by atoms with Crippen LogP contribution in [0.4, 0.5) is 11.5 Å². The number of rotatable bonds is 7. The third-order valence-corrected chi connectivity index (χ3v) is 3.48. The Hall–Kier alpha value is -1.82. The largest absolute Gasteiger partial charge is 0.464 e. The van der Waals surface area contributed by atoms with Crippen LogP contribution in [0.3, 0.4) is 0 Å². The Bertz CT molecular complexity index is 474. The van der Waals surface area contributed by atoms with Crippen LogP contribution in [0.15, 0.2) is 12.1 Å². The van der Waals surface area contributed by atoms with Gasteiger partial charge in [0.05, 0.1) is 12.8 Å². The summed E-state index contributed by atoms with van der Waals surface area (Å²) in [4.78, 5) is 18.1. The van der Waals surface area contributed by atoms with Crippen molar-refractivity contribution in [3.05, 3.63) is 17.8 Å². The Balaban J connectivity index is 1.92. The van der Waals surface area contributed by atoms with E-state index in [9.17, 15) is 4.79 Å².